The van der Waals surface area contributed by atoms with E-state index in [1.54, 1.807) is 20.0 Å². The highest BCUT2D eigenvalue weighted by atomic mass is 16.4. The van der Waals surface area contributed by atoms with E-state index in [2.05, 4.69) is 51.3 Å². The van der Waals surface area contributed by atoms with E-state index in [0.717, 1.165) is 42.1 Å². The van der Waals surface area contributed by atoms with Crippen molar-refractivity contribution in [3.8, 4) is 0 Å². The molecule has 4 N–H and O–H groups in total. The van der Waals surface area contributed by atoms with Crippen LogP contribution in [0.25, 0.3) is 0 Å². The Balaban J connectivity index is 1.47. The molecule has 2 heterocycles. The Hall–Kier alpha value is -3.38. The first kappa shape index (κ1) is 21.8. The zero-order chi connectivity index (χ0) is 22.6. The maximum absolute atomic E-state index is 11.6. The van der Waals surface area contributed by atoms with E-state index in [1.165, 1.54) is 5.56 Å². The van der Waals surface area contributed by atoms with Crippen molar-refractivity contribution in [2.45, 2.75) is 37.8 Å². The molecule has 6 nitrogen and oxygen atoms in total. The molecule has 32 heavy (non-hydrogen) atoms. The molecule has 1 aliphatic heterocycles. The van der Waals surface area contributed by atoms with Crippen molar-refractivity contribution in [1.29, 1.82) is 0 Å². The van der Waals surface area contributed by atoms with Crippen molar-refractivity contribution in [3.63, 3.8) is 0 Å². The lowest BCUT2D eigenvalue weighted by Crippen LogP contribution is -2.44. The number of nitrogens with one attached hydrogen (secondary N) is 3. The Bertz CT molecular complexity index is 1070. The van der Waals surface area contributed by atoms with Gasteiger partial charge in [0.1, 0.15) is 5.82 Å². The Kier molecular flexibility index (Phi) is 6.42. The quantitative estimate of drug-likeness (QED) is 0.428. The van der Waals surface area contributed by atoms with Crippen LogP contribution < -0.4 is 16.0 Å². The first-order valence-electron chi connectivity index (χ1n) is 11.0. The highest BCUT2D eigenvalue weighted by molar-refractivity contribution is 5.80. The Morgan fingerprint density at radius 2 is 1.97 bits per heavy atom. The number of benzene rings is 2. The van der Waals surface area contributed by atoms with Crippen molar-refractivity contribution in [3.05, 3.63) is 89.6 Å². The topological polar surface area (TPSA) is 86.3 Å². The molecule has 1 aromatic heterocycles. The van der Waals surface area contributed by atoms with Crippen LogP contribution in [-0.2, 0) is 16.6 Å². The summed E-state index contributed by atoms with van der Waals surface area (Å²) in [5.41, 5.74) is 3.27. The van der Waals surface area contributed by atoms with Gasteiger partial charge in [-0.15, -0.1) is 0 Å². The number of hydrogen-bond acceptors (Lipinski definition) is 5. The van der Waals surface area contributed by atoms with Crippen molar-refractivity contribution in [2.24, 2.45) is 0 Å². The third-order valence-electron chi connectivity index (χ3n) is 6.16. The van der Waals surface area contributed by atoms with Gasteiger partial charge in [-0.2, -0.15) is 0 Å². The third-order valence-corrected chi connectivity index (χ3v) is 6.16. The number of anilines is 2. The van der Waals surface area contributed by atoms with E-state index >= 15 is 0 Å². The molecule has 0 saturated carbocycles. The van der Waals surface area contributed by atoms with Crippen LogP contribution in [-0.4, -0.2) is 35.2 Å². The van der Waals surface area contributed by atoms with Crippen LogP contribution in [0.1, 0.15) is 36.6 Å². The second-order valence-corrected chi connectivity index (χ2v) is 8.75. The van der Waals surface area contributed by atoms with Gasteiger partial charge in [0.25, 0.3) is 0 Å². The summed E-state index contributed by atoms with van der Waals surface area (Å²) in [5.74, 6) is 0.0526. The zero-order valence-electron chi connectivity index (χ0n) is 18.5. The summed E-state index contributed by atoms with van der Waals surface area (Å²) >= 11 is 0. The molecule has 0 fully saturated rings. The molecular formula is C26H30N4O2. The fraction of sp³-hybridized carbons (Fsp3) is 0.308. The van der Waals surface area contributed by atoms with Gasteiger partial charge in [-0.1, -0.05) is 54.6 Å². The fourth-order valence-corrected chi connectivity index (χ4v) is 4.07. The van der Waals surface area contributed by atoms with Gasteiger partial charge in [0.05, 0.1) is 23.2 Å². The summed E-state index contributed by atoms with van der Waals surface area (Å²) < 4.78 is 0. The largest absolute Gasteiger partial charge is 0.481 e. The van der Waals surface area contributed by atoms with Gasteiger partial charge in [0.2, 0.25) is 0 Å². The van der Waals surface area contributed by atoms with Crippen LogP contribution in [0.15, 0.2) is 72.9 Å². The van der Waals surface area contributed by atoms with E-state index in [1.807, 2.05) is 36.4 Å². The van der Waals surface area contributed by atoms with Crippen molar-refractivity contribution < 1.29 is 9.90 Å². The molecule has 0 bridgehead atoms. The number of carbonyl (C=O) groups is 1. The van der Waals surface area contributed by atoms with Crippen LogP contribution in [0.4, 0.5) is 11.5 Å². The van der Waals surface area contributed by atoms with Gasteiger partial charge in [-0.3, -0.25) is 4.79 Å². The second-order valence-electron chi connectivity index (χ2n) is 8.75. The minimum Gasteiger partial charge on any atom is -0.481 e. The third kappa shape index (κ3) is 4.75. The van der Waals surface area contributed by atoms with E-state index in [-0.39, 0.29) is 12.1 Å². The average molecular weight is 431 g/mol. The Morgan fingerprint density at radius 1 is 1.16 bits per heavy atom. The number of aliphatic carboxylic acids is 1. The van der Waals surface area contributed by atoms with Crippen molar-refractivity contribution in [2.75, 3.05) is 23.7 Å². The highest BCUT2D eigenvalue weighted by Crippen LogP contribution is 2.28. The number of carboxylic acids is 1. The van der Waals surface area contributed by atoms with Gasteiger partial charge < -0.3 is 21.1 Å². The van der Waals surface area contributed by atoms with E-state index < -0.39 is 11.4 Å². The second kappa shape index (κ2) is 9.40. The molecule has 0 radical (unpaired) electrons. The molecular weight excluding hydrogens is 400 g/mol. The molecule has 4 rings (SSSR count). The maximum Gasteiger partial charge on any atom is 0.313 e. The summed E-state index contributed by atoms with van der Waals surface area (Å²) in [7, 11) is 0. The van der Waals surface area contributed by atoms with E-state index in [4.69, 9.17) is 0 Å². The highest BCUT2D eigenvalue weighted by Gasteiger charge is 2.30. The molecule has 166 valence electrons. The number of aromatic nitrogens is 1. The standard InChI is InChI=1S/C26H30N4O2/c1-26(2,25(31)32)20-11-6-8-18(16-20)13-15-27-23(19-9-4-3-5-10-19)22-17-29-21-12-7-14-28-24(21)30-22/h3-12,14,16,22-23,27,29H,13,15,17H2,1-2H3,(H,28,30)(H,31,32)/t22-,23-/m1/s1. The lowest BCUT2D eigenvalue weighted by molar-refractivity contribution is -0.142. The van der Waals surface area contributed by atoms with Crippen LogP contribution in [0.3, 0.4) is 0 Å². The molecule has 0 unspecified atom stereocenters. The molecule has 6 heteroatoms. The Morgan fingerprint density at radius 3 is 2.75 bits per heavy atom. The minimum absolute atomic E-state index is 0.0949. The smallest absolute Gasteiger partial charge is 0.313 e. The van der Waals surface area contributed by atoms with E-state index in [9.17, 15) is 9.90 Å². The average Bonchev–Trinajstić information content (AvgIpc) is 2.82. The molecule has 2 aromatic carbocycles. The van der Waals surface area contributed by atoms with Crippen LogP contribution in [0.5, 0.6) is 0 Å². The van der Waals surface area contributed by atoms with Crippen molar-refractivity contribution >= 4 is 17.5 Å². The zero-order valence-corrected chi connectivity index (χ0v) is 18.5. The normalized spacial score (nSPS) is 16.4. The summed E-state index contributed by atoms with van der Waals surface area (Å²) in [5, 5.41) is 20.3. The molecule has 1 aliphatic rings. The number of fused-ring (bicyclic) bond motifs is 1. The minimum atomic E-state index is -0.909. The Labute approximate surface area is 189 Å². The van der Waals surface area contributed by atoms with Crippen LogP contribution in [0.2, 0.25) is 0 Å². The first-order valence-corrected chi connectivity index (χ1v) is 11.0. The van der Waals surface area contributed by atoms with Crippen LogP contribution >= 0.6 is 0 Å². The molecule has 0 amide bonds. The predicted octanol–water partition coefficient (Wildman–Crippen LogP) is 4.22. The van der Waals surface area contributed by atoms with Gasteiger partial charge in [-0.25, -0.2) is 4.98 Å². The van der Waals surface area contributed by atoms with Crippen LogP contribution in [0, 0.1) is 0 Å². The number of pyridine rings is 1. The number of nitrogens with zero attached hydrogens (tertiary/aromatic N) is 1. The summed E-state index contributed by atoms with van der Waals surface area (Å²) in [6, 6.07) is 22.5. The molecule has 2 atom stereocenters. The molecule has 3 aromatic rings. The lowest BCUT2D eigenvalue weighted by atomic mass is 9.84. The van der Waals surface area contributed by atoms with Gasteiger partial charge >= 0.3 is 5.97 Å². The fourth-order valence-electron chi connectivity index (χ4n) is 4.07. The number of carboxylic acid groups (broad SMARTS) is 1. The summed E-state index contributed by atoms with van der Waals surface area (Å²) in [4.78, 5) is 16.1. The summed E-state index contributed by atoms with van der Waals surface area (Å²) in [6.45, 7) is 5.04. The molecule has 0 aliphatic carbocycles. The first-order chi connectivity index (χ1) is 15.4. The van der Waals surface area contributed by atoms with E-state index in [0.29, 0.717) is 0 Å². The maximum atomic E-state index is 11.6. The number of rotatable bonds is 8. The summed E-state index contributed by atoms with van der Waals surface area (Å²) in [6.07, 6.45) is 2.61. The van der Waals surface area contributed by atoms with Crippen molar-refractivity contribution in [1.82, 2.24) is 10.3 Å². The predicted molar refractivity (Wildman–Crippen MR) is 128 cm³/mol. The van der Waals surface area contributed by atoms with Gasteiger partial charge in [-0.05, 0) is 55.6 Å². The van der Waals surface area contributed by atoms with Gasteiger partial charge in [0.15, 0.2) is 0 Å². The lowest BCUT2D eigenvalue weighted by Gasteiger charge is -2.34. The SMILES string of the molecule is CC(C)(C(=O)O)c1cccc(CCN[C@H](c2ccccc2)[C@H]2CNc3cccnc3N2)c1. The molecule has 0 saturated heterocycles. The molecule has 0 spiro atoms. The monoisotopic (exact) mass is 430 g/mol. The number of hydrogen-bond donors (Lipinski definition) is 4. The van der Waals surface area contributed by atoms with Gasteiger partial charge in [0, 0.05) is 12.7 Å².